The minimum atomic E-state index is -1.31. The van der Waals surface area contributed by atoms with Crippen molar-refractivity contribution in [3.05, 3.63) is 42.0 Å². The summed E-state index contributed by atoms with van der Waals surface area (Å²) in [6.45, 7) is 15.0. The van der Waals surface area contributed by atoms with Crippen LogP contribution in [0, 0.1) is 0 Å². The number of carbonyl (C=O) groups excluding carboxylic acids is 4. The molecule has 0 spiro atoms. The number of amides is 4. The number of rotatable bonds is 13. The van der Waals surface area contributed by atoms with Crippen LogP contribution >= 0.6 is 0 Å². The predicted molar refractivity (Wildman–Crippen MR) is 141 cm³/mol. The van der Waals surface area contributed by atoms with E-state index in [0.717, 1.165) is 18.4 Å². The van der Waals surface area contributed by atoms with Crippen LogP contribution in [0.4, 0.5) is 4.79 Å². The Morgan fingerprint density at radius 3 is 2.39 bits per heavy atom. The molecule has 1 rings (SSSR count). The molecule has 3 atom stereocenters. The number of alkyl carbamates (subject to hydrolysis) is 1. The molecule has 200 valence electrons. The zero-order valence-electron chi connectivity index (χ0n) is 22.4. The fraction of sp³-hybridized carbons (Fsp3) is 0.556. The smallest absolute Gasteiger partial charge is 0.408 e. The fourth-order valence-electron chi connectivity index (χ4n) is 3.61. The lowest BCUT2D eigenvalue weighted by atomic mass is 9.97. The number of nitrogens with two attached hydrogens (primary N) is 1. The van der Waals surface area contributed by atoms with Gasteiger partial charge in [0.05, 0.1) is 6.42 Å². The normalized spacial score (nSPS) is 13.6. The molecule has 0 fully saturated rings. The quantitative estimate of drug-likeness (QED) is 0.354. The van der Waals surface area contributed by atoms with Crippen LogP contribution in [0.15, 0.2) is 30.8 Å². The number of hydrogen-bond donors (Lipinski definition) is 3. The zero-order chi connectivity index (χ0) is 27.5. The van der Waals surface area contributed by atoms with Crippen LogP contribution < -0.4 is 16.4 Å². The van der Waals surface area contributed by atoms with Crippen LogP contribution in [0.3, 0.4) is 0 Å². The average molecular weight is 503 g/mol. The SMILES string of the molecule is C=Cc1cccc(C(C(=O)NCCCC)N(C(=O)C(CC(N)=O)NC(=O)OC(C)(C)C)C(C)CC)c1. The zero-order valence-corrected chi connectivity index (χ0v) is 22.4. The van der Waals surface area contributed by atoms with E-state index in [0.29, 0.717) is 18.5 Å². The van der Waals surface area contributed by atoms with Crippen molar-refractivity contribution >= 4 is 29.9 Å². The van der Waals surface area contributed by atoms with Gasteiger partial charge in [-0.15, -0.1) is 0 Å². The molecular weight excluding hydrogens is 460 g/mol. The first-order valence-corrected chi connectivity index (χ1v) is 12.4. The summed E-state index contributed by atoms with van der Waals surface area (Å²) in [5.41, 5.74) is 5.98. The summed E-state index contributed by atoms with van der Waals surface area (Å²) in [4.78, 5) is 53.2. The summed E-state index contributed by atoms with van der Waals surface area (Å²) >= 11 is 0. The van der Waals surface area contributed by atoms with E-state index in [1.54, 1.807) is 45.0 Å². The highest BCUT2D eigenvalue weighted by Crippen LogP contribution is 2.27. The number of benzene rings is 1. The Labute approximate surface area is 214 Å². The molecule has 0 bridgehead atoms. The number of carbonyl (C=O) groups is 4. The van der Waals surface area contributed by atoms with E-state index in [4.69, 9.17) is 10.5 Å². The Kier molecular flexibility index (Phi) is 12.1. The molecule has 0 radical (unpaired) electrons. The summed E-state index contributed by atoms with van der Waals surface area (Å²) in [5.74, 6) is -1.73. The van der Waals surface area contributed by atoms with Crippen LogP contribution in [0.2, 0.25) is 0 Å². The summed E-state index contributed by atoms with van der Waals surface area (Å²) in [5, 5.41) is 5.41. The summed E-state index contributed by atoms with van der Waals surface area (Å²) in [6, 6.07) is 4.49. The fourth-order valence-corrected chi connectivity index (χ4v) is 3.61. The Morgan fingerprint density at radius 1 is 1.19 bits per heavy atom. The molecule has 0 aliphatic heterocycles. The van der Waals surface area contributed by atoms with Gasteiger partial charge in [0, 0.05) is 12.6 Å². The van der Waals surface area contributed by atoms with E-state index < -0.39 is 48.1 Å². The van der Waals surface area contributed by atoms with E-state index in [9.17, 15) is 19.2 Å². The largest absolute Gasteiger partial charge is 0.444 e. The van der Waals surface area contributed by atoms with Crippen molar-refractivity contribution in [1.29, 1.82) is 0 Å². The maximum Gasteiger partial charge on any atom is 0.408 e. The van der Waals surface area contributed by atoms with E-state index in [1.807, 2.05) is 26.8 Å². The van der Waals surface area contributed by atoms with E-state index in [2.05, 4.69) is 17.2 Å². The second kappa shape index (κ2) is 14.3. The van der Waals surface area contributed by atoms with Gasteiger partial charge in [0.2, 0.25) is 17.7 Å². The van der Waals surface area contributed by atoms with Gasteiger partial charge < -0.3 is 26.0 Å². The average Bonchev–Trinajstić information content (AvgIpc) is 2.79. The molecule has 0 saturated carbocycles. The van der Waals surface area contributed by atoms with Crippen molar-refractivity contribution in [1.82, 2.24) is 15.5 Å². The van der Waals surface area contributed by atoms with E-state index in [1.165, 1.54) is 4.90 Å². The first kappa shape index (κ1) is 30.7. The number of ether oxygens (including phenoxy) is 1. The molecule has 0 aliphatic rings. The molecule has 36 heavy (non-hydrogen) atoms. The van der Waals surface area contributed by atoms with Crippen molar-refractivity contribution in [2.45, 2.75) is 91.0 Å². The molecule has 9 nitrogen and oxygen atoms in total. The number of unbranched alkanes of at least 4 members (excludes halogenated alkanes) is 1. The summed E-state index contributed by atoms with van der Waals surface area (Å²) < 4.78 is 5.29. The Hall–Kier alpha value is -3.36. The molecule has 4 N–H and O–H groups in total. The van der Waals surface area contributed by atoms with Crippen LogP contribution in [0.1, 0.15) is 84.4 Å². The number of primary amides is 1. The van der Waals surface area contributed by atoms with Gasteiger partial charge in [0.1, 0.15) is 17.7 Å². The number of hydrogen-bond acceptors (Lipinski definition) is 5. The molecule has 9 heteroatoms. The Bertz CT molecular complexity index is 925. The number of nitrogens with zero attached hydrogens (tertiary/aromatic N) is 1. The lowest BCUT2D eigenvalue weighted by molar-refractivity contribution is -0.145. The van der Waals surface area contributed by atoms with Crippen LogP contribution in [0.5, 0.6) is 0 Å². The van der Waals surface area contributed by atoms with Gasteiger partial charge in [0.15, 0.2) is 0 Å². The molecule has 1 aromatic carbocycles. The first-order valence-electron chi connectivity index (χ1n) is 12.4. The van der Waals surface area contributed by atoms with Crippen LogP contribution in [-0.2, 0) is 19.1 Å². The highest BCUT2D eigenvalue weighted by atomic mass is 16.6. The Balaban J connectivity index is 3.54. The van der Waals surface area contributed by atoms with Crippen molar-refractivity contribution in [3.8, 4) is 0 Å². The van der Waals surface area contributed by atoms with Gasteiger partial charge >= 0.3 is 6.09 Å². The molecule has 4 amide bonds. The van der Waals surface area contributed by atoms with Crippen molar-refractivity contribution in [2.75, 3.05) is 6.54 Å². The van der Waals surface area contributed by atoms with E-state index in [-0.39, 0.29) is 5.91 Å². The van der Waals surface area contributed by atoms with Gasteiger partial charge in [-0.05, 0) is 57.7 Å². The second-order valence-electron chi connectivity index (χ2n) is 9.79. The lowest BCUT2D eigenvalue weighted by Crippen LogP contribution is -2.56. The van der Waals surface area contributed by atoms with Crippen molar-refractivity contribution < 1.29 is 23.9 Å². The standard InChI is InChI=1S/C27H42N4O5/c1-8-11-15-29-24(33)23(20-14-12-13-19(10-3)16-20)31(18(4)9-2)25(34)21(17-22(28)32)30-26(35)36-27(5,6)7/h10,12-14,16,18,21,23H,3,8-9,11,15,17H2,1-2,4-7H3,(H2,28,32)(H,29,33)(H,30,35). The van der Waals surface area contributed by atoms with Crippen LogP contribution in [-0.4, -0.2) is 52.9 Å². The van der Waals surface area contributed by atoms with Gasteiger partial charge in [-0.25, -0.2) is 4.79 Å². The molecule has 0 heterocycles. The maximum atomic E-state index is 13.9. The van der Waals surface area contributed by atoms with Crippen LogP contribution in [0.25, 0.3) is 6.08 Å². The molecular formula is C27H42N4O5. The summed E-state index contributed by atoms with van der Waals surface area (Å²) in [6.07, 6.45) is 2.57. The predicted octanol–water partition coefficient (Wildman–Crippen LogP) is 3.68. The second-order valence-corrected chi connectivity index (χ2v) is 9.79. The minimum absolute atomic E-state index is 0.353. The van der Waals surface area contributed by atoms with Gasteiger partial charge in [-0.3, -0.25) is 14.4 Å². The molecule has 0 saturated heterocycles. The third kappa shape index (κ3) is 9.71. The lowest BCUT2D eigenvalue weighted by Gasteiger charge is -2.38. The van der Waals surface area contributed by atoms with Gasteiger partial charge in [-0.1, -0.05) is 51.1 Å². The molecule has 3 unspecified atom stereocenters. The number of nitrogens with one attached hydrogen (secondary N) is 2. The molecule has 1 aromatic rings. The highest BCUT2D eigenvalue weighted by molar-refractivity contribution is 5.94. The van der Waals surface area contributed by atoms with E-state index >= 15 is 0 Å². The van der Waals surface area contributed by atoms with Crippen molar-refractivity contribution in [2.24, 2.45) is 5.73 Å². The van der Waals surface area contributed by atoms with Gasteiger partial charge in [-0.2, -0.15) is 0 Å². The minimum Gasteiger partial charge on any atom is -0.444 e. The third-order valence-corrected chi connectivity index (χ3v) is 5.53. The maximum absolute atomic E-state index is 13.9. The molecule has 0 aromatic heterocycles. The first-order chi connectivity index (χ1) is 16.8. The monoisotopic (exact) mass is 502 g/mol. The topological polar surface area (TPSA) is 131 Å². The van der Waals surface area contributed by atoms with Crippen molar-refractivity contribution in [3.63, 3.8) is 0 Å². The highest BCUT2D eigenvalue weighted by Gasteiger charge is 2.39. The third-order valence-electron chi connectivity index (χ3n) is 5.53. The molecule has 0 aliphatic carbocycles. The Morgan fingerprint density at radius 2 is 1.86 bits per heavy atom. The summed E-state index contributed by atoms with van der Waals surface area (Å²) in [7, 11) is 0. The van der Waals surface area contributed by atoms with Gasteiger partial charge in [0.25, 0.3) is 0 Å².